The summed E-state index contributed by atoms with van der Waals surface area (Å²) >= 11 is 0. The Bertz CT molecular complexity index is 1450. The van der Waals surface area contributed by atoms with Crippen LogP contribution in [-0.4, -0.2) is 32.7 Å². The molecule has 9 nitrogen and oxygen atoms in total. The van der Waals surface area contributed by atoms with Crippen molar-refractivity contribution in [1.29, 1.82) is 0 Å². The van der Waals surface area contributed by atoms with Crippen LogP contribution in [0.4, 0.5) is 11.5 Å². The number of nitro groups is 1. The maximum Gasteiger partial charge on any atom is 0.314 e. The number of phenols is 1. The third kappa shape index (κ3) is 3.71. The Morgan fingerprint density at radius 1 is 1.19 bits per heavy atom. The van der Waals surface area contributed by atoms with E-state index in [9.17, 15) is 20.0 Å². The van der Waals surface area contributed by atoms with Crippen LogP contribution in [0.3, 0.4) is 0 Å². The third-order valence-electron chi connectivity index (χ3n) is 6.98. The Morgan fingerprint density at radius 2 is 1.89 bits per heavy atom. The molecular formula is C27H28N4O5. The SMILES string of the molecule is COc1cc([C@H]2C3=C(CC(C)(C)CC3=O)Nc3c2c(C)nn3-c2ccc(C)cc2)cc([N+](=O)[O-])c1O. The van der Waals surface area contributed by atoms with Gasteiger partial charge in [-0.15, -0.1) is 0 Å². The van der Waals surface area contributed by atoms with E-state index >= 15 is 0 Å². The van der Waals surface area contributed by atoms with Gasteiger partial charge in [0.15, 0.2) is 11.5 Å². The number of hydrogen-bond acceptors (Lipinski definition) is 7. The van der Waals surface area contributed by atoms with Gasteiger partial charge in [0.25, 0.3) is 0 Å². The Kier molecular flexibility index (Phi) is 5.39. The first-order valence-corrected chi connectivity index (χ1v) is 11.8. The number of anilines is 1. The van der Waals surface area contributed by atoms with Gasteiger partial charge in [0.05, 0.1) is 23.4 Å². The second-order valence-electron chi connectivity index (χ2n) is 10.3. The first-order chi connectivity index (χ1) is 17.0. The van der Waals surface area contributed by atoms with Crippen LogP contribution in [-0.2, 0) is 4.79 Å². The highest BCUT2D eigenvalue weighted by atomic mass is 16.6. The van der Waals surface area contributed by atoms with Gasteiger partial charge < -0.3 is 15.2 Å². The zero-order chi connectivity index (χ0) is 25.9. The van der Waals surface area contributed by atoms with E-state index in [2.05, 4.69) is 19.2 Å². The molecule has 1 aromatic heterocycles. The molecule has 1 aliphatic heterocycles. The first kappa shape index (κ1) is 23.6. The number of nitrogens with one attached hydrogen (secondary N) is 1. The lowest BCUT2D eigenvalue weighted by Crippen LogP contribution is -2.34. The fourth-order valence-corrected chi connectivity index (χ4v) is 5.36. The van der Waals surface area contributed by atoms with Crippen LogP contribution in [0.15, 0.2) is 47.7 Å². The minimum Gasteiger partial charge on any atom is -0.500 e. The summed E-state index contributed by atoms with van der Waals surface area (Å²) in [5, 5.41) is 30.5. The van der Waals surface area contributed by atoms with E-state index in [1.807, 2.05) is 42.8 Å². The molecule has 1 aliphatic carbocycles. The van der Waals surface area contributed by atoms with E-state index < -0.39 is 22.3 Å². The highest BCUT2D eigenvalue weighted by Gasteiger charge is 2.43. The number of nitro benzene ring substituents is 1. The quantitative estimate of drug-likeness (QED) is 0.377. The van der Waals surface area contributed by atoms with Crippen molar-refractivity contribution in [1.82, 2.24) is 9.78 Å². The van der Waals surface area contributed by atoms with Crippen LogP contribution >= 0.6 is 0 Å². The number of hydrogen-bond donors (Lipinski definition) is 2. The number of aromatic hydroxyl groups is 1. The molecule has 0 saturated carbocycles. The predicted octanol–water partition coefficient (Wildman–Crippen LogP) is 5.31. The molecule has 9 heteroatoms. The van der Waals surface area contributed by atoms with E-state index in [1.165, 1.54) is 13.2 Å². The predicted molar refractivity (Wildman–Crippen MR) is 135 cm³/mol. The standard InChI is InChI=1S/C27H28N4O5/c1-14-6-8-17(9-7-14)30-26-22(15(2)29-30)23(24-18(28-26)12-27(3,4)13-20(24)32)16-10-19(31(34)35)25(33)21(11-16)36-5/h6-11,23,28,33H,12-13H2,1-5H3/t23-/m1/s1. The van der Waals surface area contributed by atoms with Gasteiger partial charge in [-0.2, -0.15) is 5.10 Å². The van der Waals surface area contributed by atoms with Gasteiger partial charge in [0, 0.05) is 35.2 Å². The maximum absolute atomic E-state index is 13.6. The van der Waals surface area contributed by atoms with Crippen molar-refractivity contribution in [3.63, 3.8) is 0 Å². The molecule has 0 bridgehead atoms. The summed E-state index contributed by atoms with van der Waals surface area (Å²) in [4.78, 5) is 24.7. The van der Waals surface area contributed by atoms with Crippen LogP contribution < -0.4 is 10.1 Å². The molecule has 0 radical (unpaired) electrons. The fourth-order valence-electron chi connectivity index (χ4n) is 5.36. The third-order valence-corrected chi connectivity index (χ3v) is 6.98. The Balaban J connectivity index is 1.80. The number of aromatic nitrogens is 2. The molecule has 1 atom stereocenters. The average Bonchev–Trinajstić information content (AvgIpc) is 3.13. The Labute approximate surface area is 208 Å². The van der Waals surface area contributed by atoms with Crippen molar-refractivity contribution < 1.29 is 19.6 Å². The molecule has 5 rings (SSSR count). The normalized spacial score (nSPS) is 18.4. The second kappa shape index (κ2) is 8.22. The lowest BCUT2D eigenvalue weighted by molar-refractivity contribution is -0.386. The van der Waals surface area contributed by atoms with E-state index in [1.54, 1.807) is 6.07 Å². The summed E-state index contributed by atoms with van der Waals surface area (Å²) in [5.41, 5.74) is 4.59. The molecular weight excluding hydrogens is 460 g/mol. The number of ether oxygens (including phenoxy) is 1. The molecule has 186 valence electrons. The van der Waals surface area contributed by atoms with Crippen LogP contribution in [0, 0.1) is 29.4 Å². The number of rotatable bonds is 4. The molecule has 2 aromatic carbocycles. The smallest absolute Gasteiger partial charge is 0.314 e. The van der Waals surface area contributed by atoms with Gasteiger partial charge in [0.2, 0.25) is 5.75 Å². The monoisotopic (exact) mass is 488 g/mol. The van der Waals surface area contributed by atoms with Crippen LogP contribution in [0.1, 0.15) is 55.0 Å². The van der Waals surface area contributed by atoms with Gasteiger partial charge in [-0.05, 0) is 49.4 Å². The number of ketones is 1. The lowest BCUT2D eigenvalue weighted by atomic mass is 9.69. The number of fused-ring (bicyclic) bond motifs is 1. The maximum atomic E-state index is 13.6. The highest BCUT2D eigenvalue weighted by Crippen LogP contribution is 2.52. The number of Topliss-reactive ketones (excluding diaryl/α,β-unsaturated/α-hetero) is 1. The van der Waals surface area contributed by atoms with Crippen LogP contribution in [0.2, 0.25) is 0 Å². The number of phenolic OH excluding ortho intramolecular Hbond substituents is 1. The molecule has 0 saturated heterocycles. The topological polar surface area (TPSA) is 120 Å². The highest BCUT2D eigenvalue weighted by molar-refractivity contribution is 6.01. The summed E-state index contributed by atoms with van der Waals surface area (Å²) in [6, 6.07) is 10.9. The summed E-state index contributed by atoms with van der Waals surface area (Å²) in [6.45, 7) is 7.99. The van der Waals surface area contributed by atoms with Gasteiger partial charge in [-0.3, -0.25) is 14.9 Å². The fraction of sp³-hybridized carbons (Fsp3) is 0.333. The molecule has 0 spiro atoms. The molecule has 0 amide bonds. The lowest BCUT2D eigenvalue weighted by Gasteiger charge is -2.38. The Morgan fingerprint density at radius 3 is 2.53 bits per heavy atom. The van der Waals surface area contributed by atoms with E-state index in [4.69, 9.17) is 9.84 Å². The van der Waals surface area contributed by atoms with Crippen LogP contribution in [0.25, 0.3) is 5.69 Å². The number of allylic oxidation sites excluding steroid dienone is 2. The number of carbonyl (C=O) groups is 1. The van der Waals surface area contributed by atoms with Gasteiger partial charge in [-0.1, -0.05) is 31.5 Å². The van der Waals surface area contributed by atoms with E-state index in [0.717, 1.165) is 28.3 Å². The number of methoxy groups -OCH3 is 1. The van der Waals surface area contributed by atoms with Crippen molar-refractivity contribution in [2.75, 3.05) is 12.4 Å². The molecule has 36 heavy (non-hydrogen) atoms. The van der Waals surface area contributed by atoms with Crippen molar-refractivity contribution in [2.45, 2.75) is 46.5 Å². The zero-order valence-corrected chi connectivity index (χ0v) is 20.9. The molecule has 0 fully saturated rings. The number of benzene rings is 2. The second-order valence-corrected chi connectivity index (χ2v) is 10.3. The zero-order valence-electron chi connectivity index (χ0n) is 20.9. The van der Waals surface area contributed by atoms with Gasteiger partial charge in [0.1, 0.15) is 5.82 Å². The van der Waals surface area contributed by atoms with Crippen molar-refractivity contribution in [2.24, 2.45) is 5.41 Å². The van der Waals surface area contributed by atoms with E-state index in [0.29, 0.717) is 29.7 Å². The van der Waals surface area contributed by atoms with Gasteiger partial charge >= 0.3 is 5.69 Å². The van der Waals surface area contributed by atoms with Crippen molar-refractivity contribution >= 4 is 17.3 Å². The summed E-state index contributed by atoms with van der Waals surface area (Å²) in [5.74, 6) is -0.458. The summed E-state index contributed by atoms with van der Waals surface area (Å²) in [7, 11) is 1.34. The summed E-state index contributed by atoms with van der Waals surface area (Å²) in [6.07, 6.45) is 1.00. The van der Waals surface area contributed by atoms with Gasteiger partial charge in [-0.25, -0.2) is 4.68 Å². The number of carbonyl (C=O) groups excluding carboxylic acids is 1. The number of nitrogens with zero attached hydrogens (tertiary/aromatic N) is 3. The van der Waals surface area contributed by atoms with Crippen LogP contribution in [0.5, 0.6) is 11.5 Å². The largest absolute Gasteiger partial charge is 0.500 e. The minimum absolute atomic E-state index is 0.0124. The molecule has 2 aliphatic rings. The number of aryl methyl sites for hydroxylation is 2. The molecule has 0 unspecified atom stereocenters. The molecule has 2 heterocycles. The average molecular weight is 489 g/mol. The summed E-state index contributed by atoms with van der Waals surface area (Å²) < 4.78 is 7.09. The van der Waals surface area contributed by atoms with E-state index in [-0.39, 0.29) is 16.9 Å². The van der Waals surface area contributed by atoms with Crippen molar-refractivity contribution in [3.05, 3.63) is 80.2 Å². The molecule has 2 N–H and O–H groups in total. The molecule has 3 aromatic rings. The minimum atomic E-state index is -0.646. The Hall–Kier alpha value is -4.14. The first-order valence-electron chi connectivity index (χ1n) is 11.8. The van der Waals surface area contributed by atoms with Crippen molar-refractivity contribution in [3.8, 4) is 17.2 Å².